The Kier molecular flexibility index (Phi) is 5.69. The topological polar surface area (TPSA) is 70.7 Å². The van der Waals surface area contributed by atoms with Gasteiger partial charge in [-0.3, -0.25) is 4.72 Å². The van der Waals surface area contributed by atoms with Crippen molar-refractivity contribution in [3.05, 3.63) is 48.5 Å². The zero-order valence-corrected chi connectivity index (χ0v) is 15.1. The molecule has 0 bridgehead atoms. The number of benzene rings is 2. The molecule has 7 heteroatoms. The Balaban J connectivity index is 2.01. The maximum absolute atomic E-state index is 11.8. The van der Waals surface area contributed by atoms with Crippen LogP contribution in [0.3, 0.4) is 0 Å². The number of nitrogens with zero attached hydrogens (tertiary/aromatic N) is 1. The van der Waals surface area contributed by atoms with Gasteiger partial charge in [0.1, 0.15) is 5.75 Å². The molecule has 0 aliphatic rings. The molecule has 2 aromatic carbocycles. The molecule has 0 amide bonds. The number of anilines is 3. The summed E-state index contributed by atoms with van der Waals surface area (Å²) in [6.07, 6.45) is 0.141. The van der Waals surface area contributed by atoms with Crippen molar-refractivity contribution in [1.82, 2.24) is 4.31 Å². The molecule has 0 aliphatic carbocycles. The van der Waals surface area contributed by atoms with Crippen LogP contribution in [-0.4, -0.2) is 32.9 Å². The van der Waals surface area contributed by atoms with Gasteiger partial charge in [0.25, 0.3) is 0 Å². The minimum Gasteiger partial charge on any atom is -0.491 e. The Morgan fingerprint density at radius 1 is 0.875 bits per heavy atom. The Hall–Kier alpha value is -2.25. The molecule has 0 aliphatic heterocycles. The molecule has 2 aromatic rings. The third kappa shape index (κ3) is 5.14. The van der Waals surface area contributed by atoms with E-state index in [1.54, 1.807) is 12.1 Å². The Labute approximate surface area is 143 Å². The molecule has 0 fully saturated rings. The first-order valence-electron chi connectivity index (χ1n) is 7.60. The van der Waals surface area contributed by atoms with Gasteiger partial charge in [-0.15, -0.1) is 0 Å². The van der Waals surface area contributed by atoms with Crippen molar-refractivity contribution < 1.29 is 13.2 Å². The summed E-state index contributed by atoms with van der Waals surface area (Å²) in [4.78, 5) is 0. The van der Waals surface area contributed by atoms with Crippen LogP contribution in [0, 0.1) is 0 Å². The molecule has 0 saturated carbocycles. The van der Waals surface area contributed by atoms with Crippen molar-refractivity contribution in [3.8, 4) is 5.75 Å². The normalized spacial score (nSPS) is 11.6. The molecular formula is C17H23N3O3S. The first-order valence-corrected chi connectivity index (χ1v) is 9.04. The van der Waals surface area contributed by atoms with Crippen molar-refractivity contribution in [2.24, 2.45) is 0 Å². The van der Waals surface area contributed by atoms with Gasteiger partial charge in [0.05, 0.1) is 6.10 Å². The van der Waals surface area contributed by atoms with E-state index >= 15 is 0 Å². The predicted octanol–water partition coefficient (Wildman–Crippen LogP) is 3.44. The maximum atomic E-state index is 11.8. The van der Waals surface area contributed by atoms with E-state index in [0.717, 1.165) is 21.4 Å². The van der Waals surface area contributed by atoms with E-state index in [-0.39, 0.29) is 6.10 Å². The summed E-state index contributed by atoms with van der Waals surface area (Å²) in [7, 11) is -0.535. The lowest BCUT2D eigenvalue weighted by Gasteiger charge is -2.14. The van der Waals surface area contributed by atoms with Gasteiger partial charge >= 0.3 is 10.2 Å². The molecule has 130 valence electrons. The van der Waals surface area contributed by atoms with Crippen LogP contribution in [-0.2, 0) is 10.2 Å². The minimum atomic E-state index is -3.49. The third-order valence-corrected chi connectivity index (χ3v) is 4.58. The second kappa shape index (κ2) is 7.55. The Bertz CT molecular complexity index is 755. The van der Waals surface area contributed by atoms with Crippen LogP contribution in [0.1, 0.15) is 13.8 Å². The van der Waals surface area contributed by atoms with Gasteiger partial charge in [-0.1, -0.05) is 0 Å². The molecule has 0 spiro atoms. The van der Waals surface area contributed by atoms with Crippen molar-refractivity contribution >= 4 is 27.3 Å². The Morgan fingerprint density at radius 2 is 1.33 bits per heavy atom. The highest BCUT2D eigenvalue weighted by atomic mass is 32.2. The molecule has 0 heterocycles. The van der Waals surface area contributed by atoms with E-state index in [1.807, 2.05) is 50.2 Å². The van der Waals surface area contributed by atoms with Gasteiger partial charge in [0.2, 0.25) is 0 Å². The molecule has 2 rings (SSSR count). The van der Waals surface area contributed by atoms with Crippen LogP contribution in [0.15, 0.2) is 48.5 Å². The van der Waals surface area contributed by atoms with E-state index in [9.17, 15) is 8.42 Å². The maximum Gasteiger partial charge on any atom is 0.301 e. The third-order valence-electron chi connectivity index (χ3n) is 3.13. The highest BCUT2D eigenvalue weighted by Crippen LogP contribution is 2.22. The monoisotopic (exact) mass is 349 g/mol. The summed E-state index contributed by atoms with van der Waals surface area (Å²) in [5.41, 5.74) is 2.29. The lowest BCUT2D eigenvalue weighted by atomic mass is 10.2. The van der Waals surface area contributed by atoms with Crippen LogP contribution < -0.4 is 14.8 Å². The van der Waals surface area contributed by atoms with Crippen LogP contribution >= 0.6 is 0 Å². The quantitative estimate of drug-likeness (QED) is 0.803. The second-order valence-corrected chi connectivity index (χ2v) is 7.67. The van der Waals surface area contributed by atoms with Crippen LogP contribution in [0.2, 0.25) is 0 Å². The lowest BCUT2D eigenvalue weighted by Crippen LogP contribution is -2.28. The number of ether oxygens (including phenoxy) is 1. The summed E-state index contributed by atoms with van der Waals surface area (Å²) < 4.78 is 32.8. The molecular weight excluding hydrogens is 326 g/mol. The highest BCUT2D eigenvalue weighted by Gasteiger charge is 2.12. The van der Waals surface area contributed by atoms with Crippen LogP contribution in [0.25, 0.3) is 0 Å². The molecule has 0 atom stereocenters. The zero-order chi connectivity index (χ0) is 17.7. The fourth-order valence-corrected chi connectivity index (χ4v) is 2.53. The lowest BCUT2D eigenvalue weighted by molar-refractivity contribution is 0.242. The number of hydrogen-bond acceptors (Lipinski definition) is 4. The smallest absolute Gasteiger partial charge is 0.301 e. The summed E-state index contributed by atoms with van der Waals surface area (Å²) in [5.74, 6) is 0.823. The van der Waals surface area contributed by atoms with E-state index in [2.05, 4.69) is 10.0 Å². The molecule has 2 N–H and O–H groups in total. The van der Waals surface area contributed by atoms with Crippen molar-refractivity contribution in [3.63, 3.8) is 0 Å². The minimum absolute atomic E-state index is 0.141. The van der Waals surface area contributed by atoms with E-state index < -0.39 is 10.2 Å². The summed E-state index contributed by atoms with van der Waals surface area (Å²) in [6.45, 7) is 3.97. The zero-order valence-electron chi connectivity index (χ0n) is 14.3. The van der Waals surface area contributed by atoms with E-state index in [0.29, 0.717) is 5.69 Å². The second-order valence-electron chi connectivity index (χ2n) is 5.78. The van der Waals surface area contributed by atoms with Gasteiger partial charge in [0, 0.05) is 31.2 Å². The number of rotatable bonds is 7. The van der Waals surface area contributed by atoms with Gasteiger partial charge in [0.15, 0.2) is 0 Å². The summed E-state index contributed by atoms with van der Waals surface area (Å²) in [6, 6.07) is 14.7. The van der Waals surface area contributed by atoms with E-state index in [1.165, 1.54) is 14.1 Å². The fourth-order valence-electron chi connectivity index (χ4n) is 1.92. The molecule has 0 aromatic heterocycles. The van der Waals surface area contributed by atoms with Crippen molar-refractivity contribution in [2.45, 2.75) is 20.0 Å². The number of nitrogens with one attached hydrogen (secondary N) is 2. The number of hydrogen-bond donors (Lipinski definition) is 2. The first-order chi connectivity index (χ1) is 11.3. The van der Waals surface area contributed by atoms with Gasteiger partial charge in [-0.2, -0.15) is 12.7 Å². The largest absolute Gasteiger partial charge is 0.491 e. The SMILES string of the molecule is CC(C)Oc1ccc(Nc2ccc(NS(=O)(=O)N(C)C)cc2)cc1. The molecule has 0 saturated heterocycles. The van der Waals surface area contributed by atoms with Crippen molar-refractivity contribution in [2.75, 3.05) is 24.1 Å². The van der Waals surface area contributed by atoms with E-state index in [4.69, 9.17) is 4.74 Å². The standard InChI is InChI=1S/C17H23N3O3S/c1-13(2)23-17-11-9-15(10-12-17)18-14-5-7-16(8-6-14)19-24(21,22)20(3)4/h5-13,18-19H,1-4H3. The molecule has 6 nitrogen and oxygen atoms in total. The highest BCUT2D eigenvalue weighted by molar-refractivity contribution is 7.90. The summed E-state index contributed by atoms with van der Waals surface area (Å²) >= 11 is 0. The molecule has 0 radical (unpaired) electrons. The molecule has 0 unspecified atom stereocenters. The molecule has 24 heavy (non-hydrogen) atoms. The average molecular weight is 349 g/mol. The van der Waals surface area contributed by atoms with Crippen LogP contribution in [0.4, 0.5) is 17.1 Å². The average Bonchev–Trinajstić information content (AvgIpc) is 2.50. The van der Waals surface area contributed by atoms with Gasteiger partial charge in [-0.05, 0) is 62.4 Å². The van der Waals surface area contributed by atoms with Crippen LogP contribution in [0.5, 0.6) is 5.75 Å². The van der Waals surface area contributed by atoms with Gasteiger partial charge in [-0.25, -0.2) is 0 Å². The van der Waals surface area contributed by atoms with Crippen molar-refractivity contribution in [1.29, 1.82) is 0 Å². The van der Waals surface area contributed by atoms with Gasteiger partial charge < -0.3 is 10.1 Å². The fraction of sp³-hybridized carbons (Fsp3) is 0.294. The predicted molar refractivity (Wildman–Crippen MR) is 98.2 cm³/mol. The Morgan fingerprint density at radius 3 is 1.79 bits per heavy atom. The summed E-state index contributed by atoms with van der Waals surface area (Å²) in [5, 5.41) is 3.25. The first kappa shape index (κ1) is 18.1.